The van der Waals surface area contributed by atoms with Gasteiger partial charge in [-0.3, -0.25) is 4.79 Å². The number of carbonyl (C=O) groups is 1. The molecule has 1 amide bonds. The molecule has 1 aromatic carbocycles. The van der Waals surface area contributed by atoms with Crippen molar-refractivity contribution in [2.24, 2.45) is 0 Å². The summed E-state index contributed by atoms with van der Waals surface area (Å²) < 4.78 is 24.4. The van der Waals surface area contributed by atoms with Crippen LogP contribution >= 0.6 is 23.2 Å². The van der Waals surface area contributed by atoms with Gasteiger partial charge >= 0.3 is 0 Å². The largest absolute Gasteiger partial charge is 0.344 e. The number of sulfone groups is 1. The average Bonchev–Trinajstić information content (AvgIpc) is 2.34. The molecule has 108 valence electrons. The van der Waals surface area contributed by atoms with E-state index in [0.29, 0.717) is 0 Å². The van der Waals surface area contributed by atoms with Gasteiger partial charge in [-0.05, 0) is 12.1 Å². The molecule has 1 rings (SSSR count). The molecule has 0 aromatic heterocycles. The van der Waals surface area contributed by atoms with Crippen LogP contribution < -0.4 is 0 Å². The van der Waals surface area contributed by atoms with Crippen LogP contribution in [0.2, 0.25) is 10.0 Å². The minimum Gasteiger partial charge on any atom is -0.344 e. The van der Waals surface area contributed by atoms with Crippen molar-refractivity contribution in [3.05, 3.63) is 28.2 Å². The molecule has 0 atom stereocenters. The van der Waals surface area contributed by atoms with Crippen LogP contribution in [-0.4, -0.2) is 38.6 Å². The topological polar surface area (TPSA) is 78.2 Å². The summed E-state index contributed by atoms with van der Waals surface area (Å²) in [6, 6.07) is 6.19. The van der Waals surface area contributed by atoms with E-state index in [1.54, 1.807) is 0 Å². The number of rotatable bonds is 5. The summed E-state index contributed by atoms with van der Waals surface area (Å²) in [5.41, 5.74) is 0. The Labute approximate surface area is 127 Å². The van der Waals surface area contributed by atoms with Crippen molar-refractivity contribution in [2.75, 3.05) is 19.3 Å². The zero-order chi connectivity index (χ0) is 15.3. The lowest BCUT2D eigenvalue weighted by molar-refractivity contribution is -0.127. The maximum atomic E-state index is 12.2. The van der Waals surface area contributed by atoms with Gasteiger partial charge in [0, 0.05) is 13.6 Å². The molecule has 0 saturated carbocycles. The molecule has 0 spiro atoms. The zero-order valence-corrected chi connectivity index (χ0v) is 13.0. The number of nitriles is 1. The Kier molecular flexibility index (Phi) is 5.81. The number of amides is 1. The first-order valence-corrected chi connectivity index (χ1v) is 7.98. The lowest BCUT2D eigenvalue weighted by atomic mass is 10.4. The van der Waals surface area contributed by atoms with Crippen LogP contribution in [0.15, 0.2) is 23.1 Å². The third-order valence-electron chi connectivity index (χ3n) is 2.53. The molecular weight excluding hydrogens is 323 g/mol. The summed E-state index contributed by atoms with van der Waals surface area (Å²) in [7, 11) is -2.49. The first kappa shape index (κ1) is 16.8. The average molecular weight is 335 g/mol. The number of carbonyl (C=O) groups excluding carboxylic acids is 1. The molecule has 0 saturated heterocycles. The number of benzene rings is 1. The van der Waals surface area contributed by atoms with E-state index in [1.807, 2.05) is 6.07 Å². The molecule has 0 aliphatic carbocycles. The first-order valence-electron chi connectivity index (χ1n) is 5.57. The van der Waals surface area contributed by atoms with Crippen LogP contribution in [0.5, 0.6) is 0 Å². The molecule has 0 N–H and O–H groups in total. The van der Waals surface area contributed by atoms with E-state index >= 15 is 0 Å². The van der Waals surface area contributed by atoms with E-state index in [1.165, 1.54) is 30.1 Å². The predicted octanol–water partition coefficient (Wildman–Crippen LogP) is 2.14. The second-order valence-corrected chi connectivity index (χ2v) is 6.77. The lowest BCUT2D eigenvalue weighted by Gasteiger charge is -2.16. The second-order valence-electron chi connectivity index (χ2n) is 4.03. The number of halogens is 2. The molecule has 20 heavy (non-hydrogen) atoms. The van der Waals surface area contributed by atoms with Crippen molar-refractivity contribution >= 4 is 38.9 Å². The Morgan fingerprint density at radius 2 is 1.90 bits per heavy atom. The summed E-state index contributed by atoms with van der Waals surface area (Å²) in [5.74, 6) is -1.35. The van der Waals surface area contributed by atoms with Gasteiger partial charge in [0.2, 0.25) is 5.91 Å². The molecule has 0 unspecified atom stereocenters. The van der Waals surface area contributed by atoms with E-state index in [-0.39, 0.29) is 27.9 Å². The van der Waals surface area contributed by atoms with Gasteiger partial charge in [0.15, 0.2) is 9.84 Å². The van der Waals surface area contributed by atoms with Gasteiger partial charge in [-0.1, -0.05) is 29.3 Å². The fourth-order valence-corrected chi connectivity index (χ4v) is 3.99. The summed E-state index contributed by atoms with van der Waals surface area (Å²) in [5, 5.41) is 8.39. The van der Waals surface area contributed by atoms with Crippen molar-refractivity contribution in [2.45, 2.75) is 11.3 Å². The highest BCUT2D eigenvalue weighted by atomic mass is 35.5. The molecule has 0 bridgehead atoms. The molecule has 0 fully saturated rings. The van der Waals surface area contributed by atoms with Gasteiger partial charge in [0.05, 0.1) is 22.5 Å². The van der Waals surface area contributed by atoms with Crippen molar-refractivity contribution in [3.63, 3.8) is 0 Å². The van der Waals surface area contributed by atoms with Crippen molar-refractivity contribution in [1.29, 1.82) is 5.26 Å². The third kappa shape index (κ3) is 4.10. The molecule has 5 nitrogen and oxygen atoms in total. The Bertz CT molecular complexity index is 633. The Hall–Kier alpha value is -1.29. The monoisotopic (exact) mass is 334 g/mol. The molecular formula is C12H12Cl2N2O3S. The fourth-order valence-electron chi connectivity index (χ4n) is 1.47. The maximum Gasteiger partial charge on any atom is 0.237 e. The standard InChI is InChI=1S/C12H12Cl2N2O3S/c1-16(7-3-6-15)11(17)8-20(18,19)12-9(13)4-2-5-10(12)14/h2,4-5H,3,7-8H2,1H3. The fraction of sp³-hybridized carbons (Fsp3) is 0.333. The van der Waals surface area contributed by atoms with Crippen molar-refractivity contribution < 1.29 is 13.2 Å². The number of hydrogen-bond donors (Lipinski definition) is 0. The zero-order valence-electron chi connectivity index (χ0n) is 10.6. The van der Waals surface area contributed by atoms with Gasteiger partial charge in [0.1, 0.15) is 10.6 Å². The lowest BCUT2D eigenvalue weighted by Crippen LogP contribution is -2.33. The Balaban J connectivity index is 2.97. The van der Waals surface area contributed by atoms with E-state index in [0.717, 1.165) is 0 Å². The van der Waals surface area contributed by atoms with Crippen LogP contribution in [-0.2, 0) is 14.6 Å². The highest BCUT2D eigenvalue weighted by Gasteiger charge is 2.26. The first-order chi connectivity index (χ1) is 9.29. The smallest absolute Gasteiger partial charge is 0.237 e. The van der Waals surface area contributed by atoms with Crippen molar-refractivity contribution in [3.8, 4) is 6.07 Å². The third-order valence-corrected chi connectivity index (χ3v) is 5.07. The highest BCUT2D eigenvalue weighted by molar-refractivity contribution is 7.92. The van der Waals surface area contributed by atoms with Gasteiger partial charge in [0.25, 0.3) is 0 Å². The van der Waals surface area contributed by atoms with E-state index in [9.17, 15) is 13.2 Å². The molecule has 0 radical (unpaired) electrons. The minimum absolute atomic E-state index is 0.0232. The highest BCUT2D eigenvalue weighted by Crippen LogP contribution is 2.29. The normalized spacial score (nSPS) is 10.9. The summed E-state index contributed by atoms with van der Waals surface area (Å²) in [6.45, 7) is 0.168. The summed E-state index contributed by atoms with van der Waals surface area (Å²) in [4.78, 5) is 12.8. The van der Waals surface area contributed by atoms with E-state index in [2.05, 4.69) is 0 Å². The van der Waals surface area contributed by atoms with Crippen LogP contribution in [0.3, 0.4) is 0 Å². The SMILES string of the molecule is CN(CCC#N)C(=O)CS(=O)(=O)c1c(Cl)cccc1Cl. The molecule has 0 aliphatic heterocycles. The Morgan fingerprint density at radius 1 is 1.35 bits per heavy atom. The van der Waals surface area contributed by atoms with Gasteiger partial charge < -0.3 is 4.90 Å². The molecule has 0 aliphatic rings. The van der Waals surface area contributed by atoms with Crippen LogP contribution in [0, 0.1) is 11.3 Å². The molecule has 1 aromatic rings. The van der Waals surface area contributed by atoms with Crippen LogP contribution in [0.25, 0.3) is 0 Å². The van der Waals surface area contributed by atoms with E-state index < -0.39 is 21.5 Å². The van der Waals surface area contributed by atoms with E-state index in [4.69, 9.17) is 28.5 Å². The quantitative estimate of drug-likeness (QED) is 0.826. The second kappa shape index (κ2) is 6.93. The van der Waals surface area contributed by atoms with Gasteiger partial charge in [-0.25, -0.2) is 8.42 Å². The summed E-state index contributed by atoms with van der Waals surface area (Å²) in [6.07, 6.45) is 0.134. The predicted molar refractivity (Wildman–Crippen MR) is 76.4 cm³/mol. The molecule has 0 heterocycles. The molecule has 8 heteroatoms. The number of nitrogens with zero attached hydrogens (tertiary/aromatic N) is 2. The van der Waals surface area contributed by atoms with Gasteiger partial charge in [-0.2, -0.15) is 5.26 Å². The van der Waals surface area contributed by atoms with Crippen LogP contribution in [0.4, 0.5) is 0 Å². The van der Waals surface area contributed by atoms with Gasteiger partial charge in [-0.15, -0.1) is 0 Å². The van der Waals surface area contributed by atoms with Crippen LogP contribution in [0.1, 0.15) is 6.42 Å². The van der Waals surface area contributed by atoms with Crippen molar-refractivity contribution in [1.82, 2.24) is 4.90 Å². The Morgan fingerprint density at radius 3 is 2.40 bits per heavy atom. The maximum absolute atomic E-state index is 12.2. The summed E-state index contributed by atoms with van der Waals surface area (Å²) >= 11 is 11.7. The number of hydrogen-bond acceptors (Lipinski definition) is 4. The minimum atomic E-state index is -3.93.